The zero-order chi connectivity index (χ0) is 10.7. The van der Waals surface area contributed by atoms with Crippen molar-refractivity contribution in [3.05, 3.63) is 17.3 Å². The minimum absolute atomic E-state index is 0.280. The number of pyridine rings is 1. The monoisotopic (exact) mass is 227 g/mol. The van der Waals surface area contributed by atoms with Crippen molar-refractivity contribution < 1.29 is 4.74 Å². The Morgan fingerprint density at radius 2 is 2.53 bits per heavy atom. The fraction of sp³-hybridized carbons (Fsp3) is 0.500. The van der Waals surface area contributed by atoms with Gasteiger partial charge >= 0.3 is 0 Å². The first-order chi connectivity index (χ1) is 7.25. The van der Waals surface area contributed by atoms with Crippen molar-refractivity contribution in [3.8, 4) is 0 Å². The Labute approximate surface area is 93.8 Å². The highest BCUT2D eigenvalue weighted by molar-refractivity contribution is 6.30. The highest BCUT2D eigenvalue weighted by atomic mass is 35.5. The minimum Gasteiger partial charge on any atom is -0.396 e. The van der Waals surface area contributed by atoms with Crippen LogP contribution < -0.4 is 11.1 Å². The molecule has 0 spiro atoms. The third kappa shape index (κ3) is 2.73. The van der Waals surface area contributed by atoms with E-state index in [0.717, 1.165) is 26.0 Å². The van der Waals surface area contributed by atoms with Gasteiger partial charge in [0.25, 0.3) is 0 Å². The molecule has 1 saturated heterocycles. The van der Waals surface area contributed by atoms with Gasteiger partial charge in [0.15, 0.2) is 0 Å². The number of nitrogens with zero attached hydrogens (tertiary/aromatic N) is 1. The van der Waals surface area contributed by atoms with Gasteiger partial charge in [-0.25, -0.2) is 4.98 Å². The van der Waals surface area contributed by atoms with Crippen LogP contribution >= 0.6 is 11.6 Å². The molecule has 2 rings (SSSR count). The van der Waals surface area contributed by atoms with Crippen LogP contribution in [0.3, 0.4) is 0 Å². The third-order valence-electron chi connectivity index (χ3n) is 2.40. The number of anilines is 2. The molecule has 0 aromatic carbocycles. The van der Waals surface area contributed by atoms with Crippen molar-refractivity contribution in [3.63, 3.8) is 0 Å². The van der Waals surface area contributed by atoms with Crippen molar-refractivity contribution in [1.82, 2.24) is 4.98 Å². The Hall–Kier alpha value is -1.00. The molecule has 3 N–H and O–H groups in total. The van der Waals surface area contributed by atoms with E-state index in [2.05, 4.69) is 10.3 Å². The lowest BCUT2D eigenvalue weighted by Crippen LogP contribution is -2.19. The van der Waals surface area contributed by atoms with Gasteiger partial charge < -0.3 is 15.8 Å². The number of nitrogens with one attached hydrogen (secondary N) is 1. The average molecular weight is 228 g/mol. The first-order valence-electron chi connectivity index (χ1n) is 5.02. The summed E-state index contributed by atoms with van der Waals surface area (Å²) in [5.74, 6) is 0.676. The second kappa shape index (κ2) is 4.68. The van der Waals surface area contributed by atoms with Gasteiger partial charge in [0.1, 0.15) is 5.82 Å². The van der Waals surface area contributed by atoms with Gasteiger partial charge in [-0.15, -0.1) is 0 Å². The van der Waals surface area contributed by atoms with Crippen molar-refractivity contribution in [2.24, 2.45) is 0 Å². The number of nitrogens with two attached hydrogens (primary N) is 1. The number of hydrogen-bond donors (Lipinski definition) is 2. The van der Waals surface area contributed by atoms with Gasteiger partial charge in [0.2, 0.25) is 0 Å². The summed E-state index contributed by atoms with van der Waals surface area (Å²) < 4.78 is 5.48. The van der Waals surface area contributed by atoms with Gasteiger partial charge in [-0.1, -0.05) is 11.6 Å². The molecule has 4 nitrogen and oxygen atoms in total. The summed E-state index contributed by atoms with van der Waals surface area (Å²) in [5, 5.41) is 3.71. The lowest BCUT2D eigenvalue weighted by atomic mass is 10.2. The Morgan fingerprint density at radius 3 is 3.20 bits per heavy atom. The van der Waals surface area contributed by atoms with Crippen LogP contribution in [0.4, 0.5) is 11.5 Å². The minimum atomic E-state index is 0.280. The van der Waals surface area contributed by atoms with Gasteiger partial charge in [-0.3, -0.25) is 0 Å². The van der Waals surface area contributed by atoms with Crippen LogP contribution in [0.2, 0.25) is 5.02 Å². The summed E-state index contributed by atoms with van der Waals surface area (Å²) in [6.07, 6.45) is 4.09. The molecule has 1 aliphatic heterocycles. The molecule has 82 valence electrons. The van der Waals surface area contributed by atoms with Gasteiger partial charge in [-0.2, -0.15) is 0 Å². The average Bonchev–Trinajstić information content (AvgIpc) is 2.69. The molecule has 15 heavy (non-hydrogen) atoms. The molecule has 1 aliphatic rings. The Morgan fingerprint density at radius 1 is 1.67 bits per heavy atom. The van der Waals surface area contributed by atoms with E-state index in [4.69, 9.17) is 22.1 Å². The van der Waals surface area contributed by atoms with Crippen molar-refractivity contribution in [2.45, 2.75) is 18.9 Å². The highest BCUT2D eigenvalue weighted by Gasteiger charge is 2.15. The van der Waals surface area contributed by atoms with E-state index in [9.17, 15) is 0 Å². The number of ether oxygens (including phenoxy) is 1. The molecule has 5 heteroatoms. The fourth-order valence-electron chi connectivity index (χ4n) is 1.62. The van der Waals surface area contributed by atoms with E-state index in [1.807, 2.05) is 0 Å². The second-order valence-electron chi connectivity index (χ2n) is 3.61. The van der Waals surface area contributed by atoms with Crippen LogP contribution in [-0.4, -0.2) is 24.2 Å². The lowest BCUT2D eigenvalue weighted by molar-refractivity contribution is 0.120. The third-order valence-corrected chi connectivity index (χ3v) is 2.61. The highest BCUT2D eigenvalue weighted by Crippen LogP contribution is 2.20. The molecule has 0 saturated carbocycles. The first-order valence-corrected chi connectivity index (χ1v) is 5.40. The van der Waals surface area contributed by atoms with Crippen molar-refractivity contribution >= 4 is 23.1 Å². The molecule has 1 aromatic rings. The predicted molar refractivity (Wildman–Crippen MR) is 61.1 cm³/mol. The van der Waals surface area contributed by atoms with E-state index >= 15 is 0 Å². The van der Waals surface area contributed by atoms with Crippen LogP contribution in [0.5, 0.6) is 0 Å². The molecule has 1 atom stereocenters. The second-order valence-corrected chi connectivity index (χ2v) is 4.04. The van der Waals surface area contributed by atoms with Crippen molar-refractivity contribution in [1.29, 1.82) is 0 Å². The van der Waals surface area contributed by atoms with E-state index in [1.165, 1.54) is 0 Å². The number of rotatable bonds is 3. The van der Waals surface area contributed by atoms with E-state index < -0.39 is 0 Å². The molecule has 0 bridgehead atoms. The largest absolute Gasteiger partial charge is 0.396 e. The van der Waals surface area contributed by atoms with Crippen LogP contribution in [0, 0.1) is 0 Å². The molecule has 0 amide bonds. The molecular formula is C10H14ClN3O. The van der Waals surface area contributed by atoms with Gasteiger partial charge in [-0.05, 0) is 18.9 Å². The summed E-state index contributed by atoms with van der Waals surface area (Å²) in [7, 11) is 0. The lowest BCUT2D eigenvalue weighted by Gasteiger charge is -2.12. The number of hydrogen-bond acceptors (Lipinski definition) is 4. The van der Waals surface area contributed by atoms with E-state index in [0.29, 0.717) is 16.5 Å². The summed E-state index contributed by atoms with van der Waals surface area (Å²) in [5.41, 5.74) is 6.33. The maximum atomic E-state index is 5.76. The molecule has 0 radical (unpaired) electrons. The Bertz CT molecular complexity index is 339. The topological polar surface area (TPSA) is 60.2 Å². The Kier molecular flexibility index (Phi) is 3.28. The molecular weight excluding hydrogens is 214 g/mol. The fourth-order valence-corrected chi connectivity index (χ4v) is 1.78. The van der Waals surface area contributed by atoms with Crippen molar-refractivity contribution in [2.75, 3.05) is 24.2 Å². The van der Waals surface area contributed by atoms with Crippen LogP contribution in [0.1, 0.15) is 12.8 Å². The molecule has 1 fully saturated rings. The SMILES string of the molecule is Nc1cc(Cl)cnc1NCC1CCCO1. The first kappa shape index (κ1) is 10.5. The van der Waals surface area contributed by atoms with Gasteiger partial charge in [0, 0.05) is 19.3 Å². The van der Waals surface area contributed by atoms with Gasteiger partial charge in [0.05, 0.1) is 16.8 Å². The molecule has 2 heterocycles. The number of halogens is 1. The quantitative estimate of drug-likeness (QED) is 0.828. The number of nitrogen functional groups attached to an aromatic ring is 1. The van der Waals surface area contributed by atoms with E-state index in [1.54, 1.807) is 12.3 Å². The predicted octanol–water partition coefficient (Wildman–Crippen LogP) is 1.91. The summed E-state index contributed by atoms with van der Waals surface area (Å²) in [4.78, 5) is 4.12. The smallest absolute Gasteiger partial charge is 0.149 e. The number of aromatic nitrogens is 1. The molecule has 0 aliphatic carbocycles. The normalized spacial score (nSPS) is 20.5. The van der Waals surface area contributed by atoms with Crippen LogP contribution in [0.25, 0.3) is 0 Å². The molecule has 1 unspecified atom stereocenters. The standard InChI is InChI=1S/C10H14ClN3O/c11-7-4-9(12)10(13-5-7)14-6-8-2-1-3-15-8/h4-5,8H,1-3,6,12H2,(H,13,14). The van der Waals surface area contributed by atoms with Crippen LogP contribution in [-0.2, 0) is 4.74 Å². The summed E-state index contributed by atoms with van der Waals surface area (Å²) in [6.45, 7) is 1.61. The maximum Gasteiger partial charge on any atom is 0.149 e. The summed E-state index contributed by atoms with van der Waals surface area (Å²) >= 11 is 5.75. The van der Waals surface area contributed by atoms with Crippen LogP contribution in [0.15, 0.2) is 12.3 Å². The molecule has 1 aromatic heterocycles. The van der Waals surface area contributed by atoms with E-state index in [-0.39, 0.29) is 6.10 Å². The Balaban J connectivity index is 1.92. The maximum absolute atomic E-state index is 5.76. The summed E-state index contributed by atoms with van der Waals surface area (Å²) in [6, 6.07) is 1.69. The zero-order valence-corrected chi connectivity index (χ0v) is 9.13. The zero-order valence-electron chi connectivity index (χ0n) is 8.37.